The van der Waals surface area contributed by atoms with Gasteiger partial charge in [-0.2, -0.15) is 0 Å². The van der Waals surface area contributed by atoms with Crippen molar-refractivity contribution in [2.24, 2.45) is 0 Å². The minimum Gasteiger partial charge on any atom is -0.465 e. The zero-order chi connectivity index (χ0) is 15.3. The fourth-order valence-corrected chi connectivity index (χ4v) is 3.35. The maximum absolute atomic E-state index is 12.2. The van der Waals surface area contributed by atoms with Crippen LogP contribution < -0.4 is 0 Å². The maximum atomic E-state index is 12.2. The van der Waals surface area contributed by atoms with Gasteiger partial charge in [0, 0.05) is 26.1 Å². The van der Waals surface area contributed by atoms with E-state index in [4.69, 9.17) is 4.74 Å². The first kappa shape index (κ1) is 13.3. The van der Waals surface area contributed by atoms with E-state index in [0.717, 1.165) is 37.1 Å². The molecule has 0 atom stereocenters. The van der Waals surface area contributed by atoms with E-state index in [0.29, 0.717) is 5.56 Å². The average Bonchev–Trinajstić information content (AvgIpc) is 2.92. The molecule has 4 rings (SSSR count). The number of carbonyl (C=O) groups excluding carboxylic acids is 1. The molecule has 0 unspecified atom stereocenters. The van der Waals surface area contributed by atoms with Crippen molar-refractivity contribution in [3.05, 3.63) is 58.6 Å². The van der Waals surface area contributed by atoms with E-state index in [2.05, 4.69) is 27.0 Å². The molecule has 0 amide bonds. The third kappa shape index (κ3) is 1.84. The van der Waals surface area contributed by atoms with Crippen LogP contribution in [-0.2, 0) is 4.74 Å². The zero-order valence-corrected chi connectivity index (χ0v) is 13.4. The van der Waals surface area contributed by atoms with Gasteiger partial charge in [0.15, 0.2) is 0 Å². The van der Waals surface area contributed by atoms with Crippen LogP contribution in [0.2, 0.25) is 0 Å². The van der Waals surface area contributed by atoms with Crippen LogP contribution in [0.1, 0.15) is 10.4 Å². The molecule has 0 fully saturated rings. The predicted octanol–water partition coefficient (Wildman–Crippen LogP) is 5.02. The third-order valence-corrected chi connectivity index (χ3v) is 4.47. The van der Waals surface area contributed by atoms with E-state index in [1.54, 1.807) is 0 Å². The molecule has 4 aromatic rings. The quantitative estimate of drug-likeness (QED) is 0.488. The standard InChI is InChI=1S/C18H12BrNO2/c1-22-18(21)15-9-14-12-4-2-3-5-16(12)20-17(14)13-8-10(19)6-7-11(13)15/h2-9,20H,1H3. The second-order valence-electron chi connectivity index (χ2n) is 5.20. The highest BCUT2D eigenvalue weighted by atomic mass is 79.9. The summed E-state index contributed by atoms with van der Waals surface area (Å²) in [6.07, 6.45) is 0. The first-order valence-corrected chi connectivity index (χ1v) is 7.69. The number of rotatable bonds is 1. The number of nitrogens with one attached hydrogen (secondary N) is 1. The second kappa shape index (κ2) is 4.85. The Kier molecular flexibility index (Phi) is 2.94. The fourth-order valence-electron chi connectivity index (χ4n) is 2.99. The smallest absolute Gasteiger partial charge is 0.338 e. The summed E-state index contributed by atoms with van der Waals surface area (Å²) < 4.78 is 5.93. The highest BCUT2D eigenvalue weighted by molar-refractivity contribution is 9.10. The molecule has 0 radical (unpaired) electrons. The average molecular weight is 354 g/mol. The van der Waals surface area contributed by atoms with Crippen molar-refractivity contribution >= 4 is 54.5 Å². The highest BCUT2D eigenvalue weighted by Crippen LogP contribution is 2.35. The van der Waals surface area contributed by atoms with Crippen molar-refractivity contribution in [1.82, 2.24) is 4.98 Å². The third-order valence-electron chi connectivity index (χ3n) is 3.98. The number of hydrogen-bond donors (Lipinski definition) is 1. The van der Waals surface area contributed by atoms with E-state index < -0.39 is 0 Å². The lowest BCUT2D eigenvalue weighted by atomic mass is 10.00. The number of benzene rings is 3. The van der Waals surface area contributed by atoms with E-state index in [1.165, 1.54) is 7.11 Å². The molecular formula is C18H12BrNO2. The van der Waals surface area contributed by atoms with Crippen LogP contribution in [0, 0.1) is 0 Å². The van der Waals surface area contributed by atoms with Gasteiger partial charge in [-0.05, 0) is 29.7 Å². The predicted molar refractivity (Wildman–Crippen MR) is 92.4 cm³/mol. The summed E-state index contributed by atoms with van der Waals surface area (Å²) in [4.78, 5) is 15.6. The molecule has 0 spiro atoms. The molecular weight excluding hydrogens is 342 g/mol. The molecule has 0 aliphatic rings. The minimum absolute atomic E-state index is 0.320. The monoisotopic (exact) mass is 353 g/mol. The van der Waals surface area contributed by atoms with Gasteiger partial charge in [-0.3, -0.25) is 0 Å². The van der Waals surface area contributed by atoms with Gasteiger partial charge in [0.05, 0.1) is 18.2 Å². The number of hydrogen-bond acceptors (Lipinski definition) is 2. The Morgan fingerprint density at radius 1 is 1.00 bits per heavy atom. The number of ether oxygens (including phenoxy) is 1. The molecule has 4 heteroatoms. The summed E-state index contributed by atoms with van der Waals surface area (Å²) in [5, 5.41) is 4.02. The Hall–Kier alpha value is -2.33. The molecule has 1 aromatic heterocycles. The molecule has 22 heavy (non-hydrogen) atoms. The first-order chi connectivity index (χ1) is 10.7. The van der Waals surface area contributed by atoms with Crippen LogP contribution in [0.5, 0.6) is 0 Å². The lowest BCUT2D eigenvalue weighted by Gasteiger charge is -2.07. The zero-order valence-electron chi connectivity index (χ0n) is 11.8. The summed E-state index contributed by atoms with van der Waals surface area (Å²) >= 11 is 3.51. The molecule has 0 bridgehead atoms. The van der Waals surface area contributed by atoms with Crippen molar-refractivity contribution in [1.29, 1.82) is 0 Å². The molecule has 0 saturated heterocycles. The molecule has 0 aliphatic heterocycles. The van der Waals surface area contributed by atoms with Gasteiger partial charge < -0.3 is 9.72 Å². The van der Waals surface area contributed by atoms with Crippen molar-refractivity contribution in [3.63, 3.8) is 0 Å². The van der Waals surface area contributed by atoms with Crippen LogP contribution in [0.15, 0.2) is 53.0 Å². The van der Waals surface area contributed by atoms with Gasteiger partial charge in [0.2, 0.25) is 0 Å². The summed E-state index contributed by atoms with van der Waals surface area (Å²) in [6.45, 7) is 0. The Balaban J connectivity index is 2.27. The van der Waals surface area contributed by atoms with E-state index in [-0.39, 0.29) is 5.97 Å². The van der Waals surface area contributed by atoms with Gasteiger partial charge in [-0.25, -0.2) is 4.79 Å². The number of halogens is 1. The second-order valence-corrected chi connectivity index (χ2v) is 6.11. The molecule has 1 heterocycles. The van der Waals surface area contributed by atoms with Gasteiger partial charge >= 0.3 is 5.97 Å². The summed E-state index contributed by atoms with van der Waals surface area (Å²) in [5.74, 6) is -0.320. The lowest BCUT2D eigenvalue weighted by Crippen LogP contribution is -2.02. The van der Waals surface area contributed by atoms with Crippen LogP contribution in [-0.4, -0.2) is 18.1 Å². The largest absolute Gasteiger partial charge is 0.465 e. The normalized spacial score (nSPS) is 11.4. The number of carbonyl (C=O) groups is 1. The van der Waals surface area contributed by atoms with Crippen LogP contribution >= 0.6 is 15.9 Å². The number of fused-ring (bicyclic) bond motifs is 5. The van der Waals surface area contributed by atoms with Crippen LogP contribution in [0.4, 0.5) is 0 Å². The first-order valence-electron chi connectivity index (χ1n) is 6.90. The number of esters is 1. The van der Waals surface area contributed by atoms with Crippen molar-refractivity contribution in [3.8, 4) is 0 Å². The maximum Gasteiger partial charge on any atom is 0.338 e. The lowest BCUT2D eigenvalue weighted by molar-refractivity contribution is 0.0603. The highest BCUT2D eigenvalue weighted by Gasteiger charge is 2.16. The Bertz CT molecular complexity index is 1050. The molecule has 3 nitrogen and oxygen atoms in total. The molecule has 108 valence electrons. The Morgan fingerprint density at radius 2 is 1.77 bits per heavy atom. The van der Waals surface area contributed by atoms with Crippen LogP contribution in [0.25, 0.3) is 32.6 Å². The van der Waals surface area contributed by atoms with Gasteiger partial charge in [0.1, 0.15) is 0 Å². The summed E-state index contributed by atoms with van der Waals surface area (Å²) in [7, 11) is 1.41. The van der Waals surface area contributed by atoms with Crippen molar-refractivity contribution in [2.75, 3.05) is 7.11 Å². The number of methoxy groups -OCH3 is 1. The van der Waals surface area contributed by atoms with Crippen LogP contribution in [0.3, 0.4) is 0 Å². The molecule has 0 saturated carbocycles. The molecule has 1 N–H and O–H groups in total. The summed E-state index contributed by atoms with van der Waals surface area (Å²) in [5.41, 5.74) is 2.67. The Labute approximate surface area is 135 Å². The Morgan fingerprint density at radius 3 is 2.59 bits per heavy atom. The molecule has 0 aliphatic carbocycles. The number of H-pyrrole nitrogens is 1. The fraction of sp³-hybridized carbons (Fsp3) is 0.0556. The summed E-state index contributed by atoms with van der Waals surface area (Å²) in [6, 6.07) is 15.9. The van der Waals surface area contributed by atoms with E-state index >= 15 is 0 Å². The SMILES string of the molecule is COC(=O)c1cc2c3ccccc3[nH]c2c2cc(Br)ccc12. The number of para-hydroxylation sites is 1. The van der Waals surface area contributed by atoms with Gasteiger partial charge in [-0.15, -0.1) is 0 Å². The topological polar surface area (TPSA) is 42.1 Å². The van der Waals surface area contributed by atoms with Crippen molar-refractivity contribution < 1.29 is 9.53 Å². The van der Waals surface area contributed by atoms with E-state index in [9.17, 15) is 4.79 Å². The molecule has 3 aromatic carbocycles. The number of aromatic nitrogens is 1. The van der Waals surface area contributed by atoms with E-state index in [1.807, 2.05) is 42.5 Å². The van der Waals surface area contributed by atoms with Gasteiger partial charge in [0.25, 0.3) is 0 Å². The van der Waals surface area contributed by atoms with Crippen molar-refractivity contribution in [2.45, 2.75) is 0 Å². The number of aromatic amines is 1. The van der Waals surface area contributed by atoms with Gasteiger partial charge in [-0.1, -0.05) is 40.2 Å². The minimum atomic E-state index is -0.320.